The third-order valence-electron chi connectivity index (χ3n) is 3.17. The number of carbonyl (C=O) groups excluding carboxylic acids is 1. The van der Waals surface area contributed by atoms with Gasteiger partial charge < -0.3 is 0 Å². The Labute approximate surface area is 107 Å². The maximum Gasteiger partial charge on any atom is 0.261 e. The maximum absolute atomic E-state index is 11.7. The molecule has 18 heavy (non-hydrogen) atoms. The van der Waals surface area contributed by atoms with Crippen LogP contribution in [0.5, 0.6) is 0 Å². The van der Waals surface area contributed by atoms with Gasteiger partial charge in [0.25, 0.3) is 5.91 Å². The molecule has 0 aliphatic heterocycles. The molecule has 1 fully saturated rings. The molecular formula is C13H20N4O. The van der Waals surface area contributed by atoms with Crippen LogP contribution in [0.25, 0.3) is 0 Å². The maximum atomic E-state index is 11.7. The minimum atomic E-state index is -0.112. The molecule has 1 N–H and O–H groups in total. The van der Waals surface area contributed by atoms with Crippen LogP contribution in [0.4, 0.5) is 0 Å². The van der Waals surface area contributed by atoms with Gasteiger partial charge in [-0.25, -0.2) is 5.43 Å². The van der Waals surface area contributed by atoms with Crippen molar-refractivity contribution in [2.24, 2.45) is 5.10 Å². The third kappa shape index (κ3) is 3.42. The average molecular weight is 248 g/mol. The fourth-order valence-electron chi connectivity index (χ4n) is 2.22. The predicted molar refractivity (Wildman–Crippen MR) is 70.4 cm³/mol. The van der Waals surface area contributed by atoms with Gasteiger partial charge in [-0.1, -0.05) is 6.42 Å². The first kappa shape index (κ1) is 12.8. The quantitative estimate of drug-likeness (QED) is 0.831. The summed E-state index contributed by atoms with van der Waals surface area (Å²) in [5.74, 6) is -0.112. The third-order valence-corrected chi connectivity index (χ3v) is 3.17. The van der Waals surface area contributed by atoms with Gasteiger partial charge in [0.2, 0.25) is 0 Å². The molecule has 0 saturated heterocycles. The van der Waals surface area contributed by atoms with Gasteiger partial charge in [-0.15, -0.1) is 0 Å². The van der Waals surface area contributed by atoms with Gasteiger partial charge in [0.15, 0.2) is 0 Å². The molecule has 0 bridgehead atoms. The number of hydrogen-bond acceptors (Lipinski definition) is 3. The lowest BCUT2D eigenvalue weighted by atomic mass is 9.99. The van der Waals surface area contributed by atoms with E-state index in [-0.39, 0.29) is 12.5 Å². The second-order valence-corrected chi connectivity index (χ2v) is 4.86. The number of carbonyl (C=O) groups is 1. The van der Waals surface area contributed by atoms with Crippen LogP contribution in [-0.4, -0.2) is 21.4 Å². The second kappa shape index (κ2) is 5.80. The molecule has 1 aliphatic carbocycles. The number of aromatic nitrogens is 2. The van der Waals surface area contributed by atoms with E-state index >= 15 is 0 Å². The fraction of sp³-hybridized carbons (Fsp3) is 0.615. The molecule has 0 unspecified atom stereocenters. The Morgan fingerprint density at radius 3 is 2.72 bits per heavy atom. The van der Waals surface area contributed by atoms with Crippen molar-refractivity contribution < 1.29 is 4.79 Å². The molecule has 5 heteroatoms. The molecule has 2 rings (SSSR count). The number of nitrogens with one attached hydrogen (secondary N) is 1. The summed E-state index contributed by atoms with van der Waals surface area (Å²) in [5, 5.41) is 8.44. The van der Waals surface area contributed by atoms with Crippen LogP contribution in [0, 0.1) is 13.8 Å². The summed E-state index contributed by atoms with van der Waals surface area (Å²) in [4.78, 5) is 11.7. The standard InChI is InChI=1S/C13H20N4O/c1-10-8-11(2)17(16-10)9-13(18)15-14-12-6-4-3-5-7-12/h8H,3-7,9H2,1-2H3,(H,15,18). The average Bonchev–Trinajstić information content (AvgIpc) is 2.67. The van der Waals surface area contributed by atoms with E-state index in [0.717, 1.165) is 29.9 Å². The fourth-order valence-corrected chi connectivity index (χ4v) is 2.22. The molecule has 0 spiro atoms. The Hall–Kier alpha value is -1.65. The molecule has 5 nitrogen and oxygen atoms in total. The van der Waals surface area contributed by atoms with E-state index in [1.807, 2.05) is 19.9 Å². The molecular weight excluding hydrogens is 228 g/mol. The van der Waals surface area contributed by atoms with Crippen molar-refractivity contribution >= 4 is 11.6 Å². The van der Waals surface area contributed by atoms with Crippen molar-refractivity contribution in [2.75, 3.05) is 0 Å². The molecule has 1 amide bonds. The van der Waals surface area contributed by atoms with E-state index in [1.54, 1.807) is 4.68 Å². The van der Waals surface area contributed by atoms with Gasteiger partial charge in [0, 0.05) is 11.4 Å². The molecule has 0 atom stereocenters. The smallest absolute Gasteiger partial charge is 0.261 e. The molecule has 0 aromatic carbocycles. The number of hydrogen-bond donors (Lipinski definition) is 1. The Morgan fingerprint density at radius 2 is 2.11 bits per heavy atom. The van der Waals surface area contributed by atoms with Gasteiger partial charge in [-0.05, 0) is 45.6 Å². The van der Waals surface area contributed by atoms with Crippen LogP contribution in [-0.2, 0) is 11.3 Å². The summed E-state index contributed by atoms with van der Waals surface area (Å²) in [5.41, 5.74) is 5.66. The predicted octanol–water partition coefficient (Wildman–Crippen LogP) is 1.94. The topological polar surface area (TPSA) is 59.3 Å². The Morgan fingerprint density at radius 1 is 1.39 bits per heavy atom. The Kier molecular flexibility index (Phi) is 4.12. The van der Waals surface area contributed by atoms with E-state index in [1.165, 1.54) is 19.3 Å². The van der Waals surface area contributed by atoms with Crippen molar-refractivity contribution in [2.45, 2.75) is 52.5 Å². The highest BCUT2D eigenvalue weighted by Crippen LogP contribution is 2.14. The summed E-state index contributed by atoms with van der Waals surface area (Å²) in [7, 11) is 0. The normalized spacial score (nSPS) is 15.6. The summed E-state index contributed by atoms with van der Waals surface area (Å²) in [6.45, 7) is 4.10. The first-order valence-corrected chi connectivity index (χ1v) is 6.50. The molecule has 98 valence electrons. The highest BCUT2D eigenvalue weighted by atomic mass is 16.2. The van der Waals surface area contributed by atoms with Crippen LogP contribution in [0.3, 0.4) is 0 Å². The van der Waals surface area contributed by atoms with Gasteiger partial charge in [0.05, 0.1) is 5.69 Å². The first-order chi connectivity index (χ1) is 8.65. The van der Waals surface area contributed by atoms with Crippen LogP contribution < -0.4 is 5.43 Å². The van der Waals surface area contributed by atoms with Gasteiger partial charge in [-0.3, -0.25) is 9.48 Å². The van der Waals surface area contributed by atoms with Crippen molar-refractivity contribution in [3.63, 3.8) is 0 Å². The lowest BCUT2D eigenvalue weighted by Gasteiger charge is -2.12. The summed E-state index contributed by atoms with van der Waals surface area (Å²) >= 11 is 0. The summed E-state index contributed by atoms with van der Waals surface area (Å²) in [6.07, 6.45) is 5.68. The minimum absolute atomic E-state index is 0.112. The zero-order valence-electron chi connectivity index (χ0n) is 11.1. The Balaban J connectivity index is 1.87. The van der Waals surface area contributed by atoms with Crippen molar-refractivity contribution in [3.05, 3.63) is 17.5 Å². The van der Waals surface area contributed by atoms with Gasteiger partial charge in [-0.2, -0.15) is 10.2 Å². The molecule has 0 radical (unpaired) electrons. The van der Waals surface area contributed by atoms with E-state index in [0.29, 0.717) is 0 Å². The monoisotopic (exact) mass is 248 g/mol. The van der Waals surface area contributed by atoms with E-state index < -0.39 is 0 Å². The first-order valence-electron chi connectivity index (χ1n) is 6.50. The lowest BCUT2D eigenvalue weighted by Crippen LogP contribution is -2.26. The number of nitrogens with zero attached hydrogens (tertiary/aromatic N) is 3. The largest absolute Gasteiger partial charge is 0.271 e. The van der Waals surface area contributed by atoms with Gasteiger partial charge >= 0.3 is 0 Å². The number of amides is 1. The van der Waals surface area contributed by atoms with Crippen LogP contribution in [0.1, 0.15) is 43.5 Å². The van der Waals surface area contributed by atoms with E-state index in [2.05, 4.69) is 15.6 Å². The molecule has 1 aromatic rings. The second-order valence-electron chi connectivity index (χ2n) is 4.86. The number of aryl methyl sites for hydroxylation is 2. The Bertz CT molecular complexity index is 454. The molecule has 1 saturated carbocycles. The number of rotatable bonds is 3. The summed E-state index contributed by atoms with van der Waals surface area (Å²) in [6, 6.07) is 1.96. The molecule has 1 heterocycles. The van der Waals surface area contributed by atoms with Gasteiger partial charge in [0.1, 0.15) is 6.54 Å². The number of hydrazone groups is 1. The minimum Gasteiger partial charge on any atom is -0.271 e. The van der Waals surface area contributed by atoms with Crippen molar-refractivity contribution in [1.29, 1.82) is 0 Å². The highest BCUT2D eigenvalue weighted by Gasteiger charge is 2.09. The van der Waals surface area contributed by atoms with Crippen LogP contribution >= 0.6 is 0 Å². The highest BCUT2D eigenvalue weighted by molar-refractivity contribution is 5.86. The molecule has 1 aromatic heterocycles. The zero-order chi connectivity index (χ0) is 13.0. The van der Waals surface area contributed by atoms with Crippen molar-refractivity contribution in [3.8, 4) is 0 Å². The zero-order valence-corrected chi connectivity index (χ0v) is 11.1. The summed E-state index contributed by atoms with van der Waals surface area (Å²) < 4.78 is 1.70. The van der Waals surface area contributed by atoms with E-state index in [4.69, 9.17) is 0 Å². The van der Waals surface area contributed by atoms with Crippen LogP contribution in [0.15, 0.2) is 11.2 Å². The van der Waals surface area contributed by atoms with E-state index in [9.17, 15) is 4.79 Å². The SMILES string of the molecule is Cc1cc(C)n(CC(=O)NN=C2CCCCC2)n1. The van der Waals surface area contributed by atoms with Crippen molar-refractivity contribution in [1.82, 2.24) is 15.2 Å². The lowest BCUT2D eigenvalue weighted by molar-refractivity contribution is -0.121. The molecule has 1 aliphatic rings. The van der Waals surface area contributed by atoms with Crippen LogP contribution in [0.2, 0.25) is 0 Å².